The molecule has 2 aromatic heterocycles. The van der Waals surface area contributed by atoms with E-state index < -0.39 is 0 Å². The maximum Gasteiger partial charge on any atom is 0.233 e. The zero-order chi connectivity index (χ0) is 21.7. The normalized spacial score (nSPS) is 24.6. The number of aryl methyl sites for hydroxylation is 1. The fourth-order valence-corrected chi connectivity index (χ4v) is 6.55. The molecule has 6 nitrogen and oxygen atoms in total. The summed E-state index contributed by atoms with van der Waals surface area (Å²) in [6, 6.07) is 8.29. The van der Waals surface area contributed by atoms with Gasteiger partial charge in [-0.15, -0.1) is 10.2 Å². The van der Waals surface area contributed by atoms with Crippen molar-refractivity contribution in [2.75, 3.05) is 7.11 Å². The van der Waals surface area contributed by atoms with Gasteiger partial charge in [0.25, 0.3) is 0 Å². The minimum absolute atomic E-state index is 0.0750. The van der Waals surface area contributed by atoms with Gasteiger partial charge in [-0.3, -0.25) is 9.20 Å². The van der Waals surface area contributed by atoms with Gasteiger partial charge >= 0.3 is 0 Å². The molecule has 2 aliphatic rings. The van der Waals surface area contributed by atoms with Gasteiger partial charge in [0.1, 0.15) is 5.75 Å². The third-order valence-electron chi connectivity index (χ3n) is 7.33. The van der Waals surface area contributed by atoms with E-state index in [0.717, 1.165) is 44.9 Å². The molecule has 31 heavy (non-hydrogen) atoms. The number of thioether (sulfide) groups is 1. The molecule has 2 bridgehead atoms. The molecule has 0 spiro atoms. The summed E-state index contributed by atoms with van der Waals surface area (Å²) in [7, 11) is 1.67. The molecule has 5 atom stereocenters. The van der Waals surface area contributed by atoms with E-state index in [1.165, 1.54) is 37.4 Å². The van der Waals surface area contributed by atoms with Crippen molar-refractivity contribution in [2.45, 2.75) is 62.9 Å². The Hall–Kier alpha value is -2.28. The molecule has 1 amide bonds. The second-order valence-electron chi connectivity index (χ2n) is 9.28. The molecule has 5 rings (SSSR count). The van der Waals surface area contributed by atoms with Crippen LogP contribution in [0.2, 0.25) is 0 Å². The van der Waals surface area contributed by atoms with E-state index in [9.17, 15) is 4.79 Å². The predicted molar refractivity (Wildman–Crippen MR) is 124 cm³/mol. The molecule has 2 aliphatic carbocycles. The summed E-state index contributed by atoms with van der Waals surface area (Å²) in [5, 5.41) is 13.7. The largest absolute Gasteiger partial charge is 0.497 e. The molecule has 164 valence electrons. The maximum atomic E-state index is 13.0. The lowest BCUT2D eigenvalue weighted by Crippen LogP contribution is -2.43. The average molecular weight is 439 g/mol. The Morgan fingerprint density at radius 2 is 2.06 bits per heavy atom. The van der Waals surface area contributed by atoms with Crippen LogP contribution in [-0.2, 0) is 4.79 Å². The minimum Gasteiger partial charge on any atom is -0.497 e. The van der Waals surface area contributed by atoms with Crippen LogP contribution in [-0.4, -0.2) is 38.9 Å². The number of nitrogens with zero attached hydrogens (tertiary/aromatic N) is 3. The highest BCUT2D eigenvalue weighted by Gasteiger charge is 2.42. The Bertz CT molecular complexity index is 1140. The predicted octanol–water partition coefficient (Wildman–Crippen LogP) is 4.62. The van der Waals surface area contributed by atoms with Crippen molar-refractivity contribution in [3.05, 3.63) is 29.8 Å². The first kappa shape index (κ1) is 20.6. The number of carbonyl (C=O) groups is 1. The molecule has 5 unspecified atom stereocenters. The number of amides is 1. The summed E-state index contributed by atoms with van der Waals surface area (Å²) >= 11 is 1.46. The van der Waals surface area contributed by atoms with Gasteiger partial charge < -0.3 is 10.1 Å². The number of hydrogen-bond acceptors (Lipinski definition) is 5. The second-order valence-corrected chi connectivity index (χ2v) is 10.6. The number of nitrogens with one attached hydrogen (secondary N) is 1. The van der Waals surface area contributed by atoms with Gasteiger partial charge in [0.2, 0.25) is 5.91 Å². The van der Waals surface area contributed by atoms with Crippen LogP contribution in [0, 0.1) is 24.7 Å². The molecule has 1 N–H and O–H groups in total. The van der Waals surface area contributed by atoms with Gasteiger partial charge in [0.15, 0.2) is 10.8 Å². The van der Waals surface area contributed by atoms with Gasteiger partial charge in [-0.1, -0.05) is 18.2 Å². The molecule has 2 saturated carbocycles. The lowest BCUT2D eigenvalue weighted by molar-refractivity contribution is -0.121. The Balaban J connectivity index is 1.37. The highest BCUT2D eigenvalue weighted by Crippen LogP contribution is 2.49. The van der Waals surface area contributed by atoms with Gasteiger partial charge in [-0.25, -0.2) is 0 Å². The van der Waals surface area contributed by atoms with E-state index >= 15 is 0 Å². The Morgan fingerprint density at radius 3 is 2.77 bits per heavy atom. The fourth-order valence-electron chi connectivity index (χ4n) is 5.67. The van der Waals surface area contributed by atoms with Crippen LogP contribution >= 0.6 is 11.8 Å². The van der Waals surface area contributed by atoms with Gasteiger partial charge in [0, 0.05) is 17.5 Å². The molecule has 2 heterocycles. The molecule has 0 aliphatic heterocycles. The highest BCUT2D eigenvalue weighted by atomic mass is 32.2. The van der Waals surface area contributed by atoms with Crippen molar-refractivity contribution < 1.29 is 9.53 Å². The molecule has 7 heteroatoms. The Kier molecular flexibility index (Phi) is 5.32. The molecule has 3 aromatic rings. The molecular weight excluding hydrogens is 408 g/mol. The first-order valence-corrected chi connectivity index (χ1v) is 12.1. The van der Waals surface area contributed by atoms with Gasteiger partial charge in [-0.05, 0) is 81.5 Å². The second kappa shape index (κ2) is 8.01. The van der Waals surface area contributed by atoms with Crippen LogP contribution in [0.1, 0.15) is 45.1 Å². The number of hydrogen-bond donors (Lipinski definition) is 1. The topological polar surface area (TPSA) is 68.5 Å². The maximum absolute atomic E-state index is 13.0. The lowest BCUT2D eigenvalue weighted by Gasteiger charge is -2.29. The molecule has 0 saturated heterocycles. The standard InChI is InChI=1S/C24H30N4O2S/c1-13-9-22-26-27-24(28(22)21-12-18(30-4)7-8-19(13)21)31-15(3)23(29)25-14(2)20-11-16-5-6-17(20)10-16/h7-9,12,14-17,20H,5-6,10-11H2,1-4H3,(H,25,29). The highest BCUT2D eigenvalue weighted by molar-refractivity contribution is 8.00. The fraction of sp³-hybridized carbons (Fsp3) is 0.542. The number of aromatic nitrogens is 3. The summed E-state index contributed by atoms with van der Waals surface area (Å²) in [4.78, 5) is 13.0. The summed E-state index contributed by atoms with van der Waals surface area (Å²) in [5.74, 6) is 3.18. The van der Waals surface area contributed by atoms with Crippen molar-refractivity contribution in [1.29, 1.82) is 0 Å². The smallest absolute Gasteiger partial charge is 0.233 e. The van der Waals surface area contributed by atoms with Crippen molar-refractivity contribution in [2.24, 2.45) is 17.8 Å². The zero-order valence-electron chi connectivity index (χ0n) is 18.6. The Labute approximate surface area is 187 Å². The monoisotopic (exact) mass is 438 g/mol. The Morgan fingerprint density at radius 1 is 1.23 bits per heavy atom. The van der Waals surface area contributed by atoms with Gasteiger partial charge in [0.05, 0.1) is 17.9 Å². The lowest BCUT2D eigenvalue weighted by atomic mass is 9.84. The molecule has 1 aromatic carbocycles. The third kappa shape index (κ3) is 3.67. The van der Waals surface area contributed by atoms with E-state index in [0.29, 0.717) is 5.92 Å². The number of rotatable bonds is 6. The SMILES string of the molecule is COc1ccc2c(C)cc3nnc(SC(C)C(=O)NC(C)C4CC5CCC4C5)n3c2c1. The van der Waals surface area contributed by atoms with Crippen LogP contribution in [0.3, 0.4) is 0 Å². The zero-order valence-corrected chi connectivity index (χ0v) is 19.4. The van der Waals surface area contributed by atoms with Crippen LogP contribution in [0.25, 0.3) is 16.6 Å². The number of benzene rings is 1. The number of carbonyl (C=O) groups excluding carboxylic acids is 1. The number of fused-ring (bicyclic) bond motifs is 5. The number of methoxy groups -OCH3 is 1. The summed E-state index contributed by atoms with van der Waals surface area (Å²) in [5.41, 5.74) is 2.91. The van der Waals surface area contributed by atoms with Crippen molar-refractivity contribution in [3.63, 3.8) is 0 Å². The number of ether oxygens (including phenoxy) is 1. The van der Waals surface area contributed by atoms with E-state index in [4.69, 9.17) is 4.74 Å². The van der Waals surface area contributed by atoms with Crippen LogP contribution < -0.4 is 10.1 Å². The third-order valence-corrected chi connectivity index (χ3v) is 8.37. The van der Waals surface area contributed by atoms with Crippen molar-refractivity contribution >= 4 is 34.2 Å². The molecule has 0 radical (unpaired) electrons. The van der Waals surface area contributed by atoms with E-state index in [1.807, 2.05) is 29.5 Å². The summed E-state index contributed by atoms with van der Waals surface area (Å²) < 4.78 is 7.46. The van der Waals surface area contributed by atoms with Crippen molar-refractivity contribution in [3.8, 4) is 5.75 Å². The van der Waals surface area contributed by atoms with E-state index in [-0.39, 0.29) is 17.2 Å². The van der Waals surface area contributed by atoms with Crippen LogP contribution in [0.15, 0.2) is 29.4 Å². The number of pyridine rings is 1. The quantitative estimate of drug-likeness (QED) is 0.569. The minimum atomic E-state index is -0.254. The summed E-state index contributed by atoms with van der Waals surface area (Å²) in [6.07, 6.45) is 5.35. The van der Waals surface area contributed by atoms with Crippen LogP contribution in [0.5, 0.6) is 5.75 Å². The molecule has 2 fully saturated rings. The molecular formula is C24H30N4O2S. The van der Waals surface area contributed by atoms with Crippen LogP contribution in [0.4, 0.5) is 0 Å². The van der Waals surface area contributed by atoms with Gasteiger partial charge in [-0.2, -0.15) is 0 Å². The first-order valence-electron chi connectivity index (χ1n) is 11.2. The average Bonchev–Trinajstić information content (AvgIpc) is 3.49. The first-order chi connectivity index (χ1) is 14.9. The summed E-state index contributed by atoms with van der Waals surface area (Å²) in [6.45, 7) is 6.20. The van der Waals surface area contributed by atoms with E-state index in [2.05, 4.69) is 35.4 Å². The van der Waals surface area contributed by atoms with Crippen molar-refractivity contribution in [1.82, 2.24) is 19.9 Å². The van der Waals surface area contributed by atoms with E-state index in [1.54, 1.807) is 7.11 Å².